The zero-order valence-corrected chi connectivity index (χ0v) is 14.4. The van der Waals surface area contributed by atoms with E-state index in [9.17, 15) is 4.79 Å². The van der Waals surface area contributed by atoms with E-state index in [0.29, 0.717) is 5.56 Å². The van der Waals surface area contributed by atoms with Gasteiger partial charge in [-0.2, -0.15) is 0 Å². The summed E-state index contributed by atoms with van der Waals surface area (Å²) in [4.78, 5) is 21.2. The zero-order chi connectivity index (χ0) is 17.8. The maximum atomic E-state index is 12.7. The lowest BCUT2D eigenvalue weighted by molar-refractivity contribution is 0.0941. The van der Waals surface area contributed by atoms with Gasteiger partial charge in [0.1, 0.15) is 17.6 Å². The van der Waals surface area contributed by atoms with Crippen molar-refractivity contribution < 1.29 is 9.53 Å². The first-order valence-corrected chi connectivity index (χ1v) is 7.93. The van der Waals surface area contributed by atoms with Gasteiger partial charge in [-0.3, -0.25) is 9.78 Å². The summed E-state index contributed by atoms with van der Waals surface area (Å²) in [7, 11) is 3.52. The molecule has 128 valence electrons. The third kappa shape index (κ3) is 3.68. The summed E-state index contributed by atoms with van der Waals surface area (Å²) in [5.74, 6) is 1.31. The van der Waals surface area contributed by atoms with Crippen molar-refractivity contribution in [2.75, 3.05) is 7.11 Å². The number of ether oxygens (including phenoxy) is 1. The molecule has 0 bridgehead atoms. The van der Waals surface area contributed by atoms with E-state index in [4.69, 9.17) is 4.74 Å². The fourth-order valence-corrected chi connectivity index (χ4v) is 2.57. The van der Waals surface area contributed by atoms with Crippen LogP contribution in [0.25, 0.3) is 0 Å². The minimum absolute atomic E-state index is 0.198. The van der Waals surface area contributed by atoms with Gasteiger partial charge < -0.3 is 14.6 Å². The molecule has 1 atom stereocenters. The van der Waals surface area contributed by atoms with Crippen LogP contribution in [-0.4, -0.2) is 27.6 Å². The average molecular weight is 336 g/mol. The SMILES string of the molecule is COc1ccc(C(NC(=O)c2ccc(C)nc2)c2nccn2C)cc1. The van der Waals surface area contributed by atoms with Crippen molar-refractivity contribution in [1.29, 1.82) is 0 Å². The van der Waals surface area contributed by atoms with Crippen molar-refractivity contribution in [3.05, 3.63) is 77.6 Å². The molecule has 2 heterocycles. The molecule has 3 rings (SSSR count). The zero-order valence-electron chi connectivity index (χ0n) is 14.4. The highest BCUT2D eigenvalue weighted by molar-refractivity contribution is 5.94. The highest BCUT2D eigenvalue weighted by Gasteiger charge is 2.21. The first-order valence-electron chi connectivity index (χ1n) is 7.93. The molecule has 3 aromatic rings. The fourth-order valence-electron chi connectivity index (χ4n) is 2.57. The molecule has 0 aliphatic heterocycles. The summed E-state index contributed by atoms with van der Waals surface area (Å²) in [5.41, 5.74) is 2.30. The summed E-state index contributed by atoms with van der Waals surface area (Å²) in [6, 6.07) is 10.8. The largest absolute Gasteiger partial charge is 0.497 e. The topological polar surface area (TPSA) is 69.0 Å². The molecule has 1 aromatic carbocycles. The molecule has 1 amide bonds. The number of amides is 1. The standard InChI is InChI=1S/C19H20N4O2/c1-13-4-5-15(12-21-13)19(24)22-17(18-20-10-11-23(18)2)14-6-8-16(25-3)9-7-14/h4-12,17H,1-3H3,(H,22,24). The van der Waals surface area contributed by atoms with Crippen molar-refractivity contribution >= 4 is 5.91 Å². The Morgan fingerprint density at radius 2 is 1.92 bits per heavy atom. The summed E-state index contributed by atoms with van der Waals surface area (Å²) in [6.07, 6.45) is 5.14. The third-order valence-electron chi connectivity index (χ3n) is 4.01. The highest BCUT2D eigenvalue weighted by atomic mass is 16.5. The summed E-state index contributed by atoms with van der Waals surface area (Å²) < 4.78 is 7.10. The van der Waals surface area contributed by atoms with E-state index in [0.717, 1.165) is 22.8 Å². The number of hydrogen-bond donors (Lipinski definition) is 1. The number of rotatable bonds is 5. The molecule has 0 aliphatic carbocycles. The van der Waals surface area contributed by atoms with Gasteiger partial charge in [-0.05, 0) is 36.8 Å². The van der Waals surface area contributed by atoms with Crippen molar-refractivity contribution in [3.63, 3.8) is 0 Å². The Bertz CT molecular complexity index is 854. The number of aromatic nitrogens is 3. The number of imidazole rings is 1. The van der Waals surface area contributed by atoms with Crippen LogP contribution in [0.5, 0.6) is 5.75 Å². The number of nitrogens with zero attached hydrogens (tertiary/aromatic N) is 3. The van der Waals surface area contributed by atoms with Crippen LogP contribution in [0.15, 0.2) is 55.0 Å². The molecule has 6 nitrogen and oxygen atoms in total. The molecule has 2 aromatic heterocycles. The summed E-state index contributed by atoms with van der Waals surface area (Å²) >= 11 is 0. The Morgan fingerprint density at radius 3 is 2.48 bits per heavy atom. The number of aryl methyl sites for hydroxylation is 2. The Balaban J connectivity index is 1.92. The molecule has 0 fully saturated rings. The van der Waals surface area contributed by atoms with Crippen LogP contribution in [-0.2, 0) is 7.05 Å². The molecule has 0 radical (unpaired) electrons. The van der Waals surface area contributed by atoms with Gasteiger partial charge in [0.2, 0.25) is 0 Å². The lowest BCUT2D eigenvalue weighted by atomic mass is 10.1. The van der Waals surface area contributed by atoms with Crippen LogP contribution >= 0.6 is 0 Å². The molecule has 1 N–H and O–H groups in total. The van der Waals surface area contributed by atoms with E-state index < -0.39 is 0 Å². The van der Waals surface area contributed by atoms with E-state index in [1.807, 2.05) is 55.1 Å². The molecule has 0 saturated heterocycles. The van der Waals surface area contributed by atoms with Crippen molar-refractivity contribution in [3.8, 4) is 5.75 Å². The number of carbonyl (C=O) groups is 1. The van der Waals surface area contributed by atoms with Crippen LogP contribution < -0.4 is 10.1 Å². The number of hydrogen-bond acceptors (Lipinski definition) is 4. The predicted octanol–water partition coefficient (Wildman–Crippen LogP) is 2.65. The van der Waals surface area contributed by atoms with Crippen molar-refractivity contribution in [1.82, 2.24) is 19.9 Å². The van der Waals surface area contributed by atoms with Crippen LogP contribution in [0, 0.1) is 6.92 Å². The molecular weight excluding hydrogens is 316 g/mol. The summed E-state index contributed by atoms with van der Waals surface area (Å²) in [6.45, 7) is 1.88. The van der Waals surface area contributed by atoms with Crippen molar-refractivity contribution in [2.24, 2.45) is 7.05 Å². The Kier molecular flexibility index (Phi) is 4.79. The second-order valence-electron chi connectivity index (χ2n) is 5.76. The van der Waals surface area contributed by atoms with Crippen LogP contribution in [0.3, 0.4) is 0 Å². The Hall–Kier alpha value is -3.15. The summed E-state index contributed by atoms with van der Waals surface area (Å²) in [5, 5.41) is 3.05. The average Bonchev–Trinajstić information content (AvgIpc) is 3.06. The molecular formula is C19H20N4O2. The Morgan fingerprint density at radius 1 is 1.16 bits per heavy atom. The molecule has 1 unspecified atom stereocenters. The second-order valence-corrected chi connectivity index (χ2v) is 5.76. The minimum Gasteiger partial charge on any atom is -0.497 e. The van der Waals surface area contributed by atoms with E-state index >= 15 is 0 Å². The van der Waals surface area contributed by atoms with E-state index in [1.54, 1.807) is 25.6 Å². The van der Waals surface area contributed by atoms with Gasteiger partial charge in [-0.15, -0.1) is 0 Å². The van der Waals surface area contributed by atoms with Gasteiger partial charge in [-0.25, -0.2) is 4.98 Å². The highest BCUT2D eigenvalue weighted by Crippen LogP contribution is 2.23. The second kappa shape index (κ2) is 7.17. The molecule has 0 saturated carbocycles. The van der Waals surface area contributed by atoms with Gasteiger partial charge >= 0.3 is 0 Å². The minimum atomic E-state index is -0.375. The first kappa shape index (κ1) is 16.7. The molecule has 25 heavy (non-hydrogen) atoms. The van der Waals surface area contributed by atoms with Crippen molar-refractivity contribution in [2.45, 2.75) is 13.0 Å². The molecule has 0 spiro atoms. The van der Waals surface area contributed by atoms with Gasteiger partial charge in [0, 0.05) is 31.3 Å². The number of carbonyl (C=O) groups excluding carboxylic acids is 1. The smallest absolute Gasteiger partial charge is 0.253 e. The number of nitrogens with one attached hydrogen (secondary N) is 1. The van der Waals surface area contributed by atoms with Gasteiger partial charge in [0.25, 0.3) is 5.91 Å². The lowest BCUT2D eigenvalue weighted by Crippen LogP contribution is -2.31. The maximum Gasteiger partial charge on any atom is 0.253 e. The van der Waals surface area contributed by atoms with E-state index in [1.165, 1.54) is 0 Å². The number of pyridine rings is 1. The van der Waals surface area contributed by atoms with Crippen LogP contribution in [0.4, 0.5) is 0 Å². The quantitative estimate of drug-likeness (QED) is 0.778. The predicted molar refractivity (Wildman–Crippen MR) is 94.5 cm³/mol. The number of methoxy groups -OCH3 is 1. The van der Waals surface area contributed by atoms with E-state index in [2.05, 4.69) is 15.3 Å². The lowest BCUT2D eigenvalue weighted by Gasteiger charge is -2.19. The molecule has 0 aliphatic rings. The van der Waals surface area contributed by atoms with E-state index in [-0.39, 0.29) is 11.9 Å². The monoisotopic (exact) mass is 336 g/mol. The molecule has 6 heteroatoms. The Labute approximate surface area is 146 Å². The van der Waals surface area contributed by atoms with Gasteiger partial charge in [-0.1, -0.05) is 12.1 Å². The third-order valence-corrected chi connectivity index (χ3v) is 4.01. The normalized spacial score (nSPS) is 11.8. The fraction of sp³-hybridized carbons (Fsp3) is 0.211. The van der Waals surface area contributed by atoms with Gasteiger partial charge in [0.15, 0.2) is 0 Å². The van der Waals surface area contributed by atoms with Gasteiger partial charge in [0.05, 0.1) is 12.7 Å². The first-order chi connectivity index (χ1) is 12.1. The van der Waals surface area contributed by atoms with Crippen LogP contribution in [0.2, 0.25) is 0 Å². The number of benzene rings is 1. The van der Waals surface area contributed by atoms with Crippen LogP contribution in [0.1, 0.15) is 33.5 Å². The maximum absolute atomic E-state index is 12.7.